The fraction of sp³-hybridized carbons (Fsp3) is 0.167. The minimum absolute atomic E-state index is 0.265. The molecule has 0 aromatic heterocycles. The molecule has 1 amide bonds. The number of rotatable bonds is 7. The summed E-state index contributed by atoms with van der Waals surface area (Å²) in [6.07, 6.45) is -5.21. The summed E-state index contributed by atoms with van der Waals surface area (Å²) >= 11 is 6.59. The van der Waals surface area contributed by atoms with E-state index >= 15 is 0 Å². The van der Waals surface area contributed by atoms with E-state index in [1.807, 2.05) is 30.3 Å². The van der Waals surface area contributed by atoms with Gasteiger partial charge >= 0.3 is 6.18 Å². The zero-order chi connectivity index (χ0) is 24.6. The lowest BCUT2D eigenvalue weighted by molar-refractivity contribution is -0.137. The molecule has 5 nitrogen and oxygen atoms in total. The third kappa shape index (κ3) is 7.96. The second-order valence-electron chi connectivity index (χ2n) is 7.03. The maximum absolute atomic E-state index is 12.6. The van der Waals surface area contributed by atoms with Gasteiger partial charge in [0.05, 0.1) is 5.56 Å². The Kier molecular flexibility index (Phi) is 8.78. The Morgan fingerprint density at radius 1 is 0.912 bits per heavy atom. The van der Waals surface area contributed by atoms with E-state index in [1.165, 1.54) is 23.9 Å². The molecule has 0 radical (unpaired) electrons. The molecule has 0 fully saturated rings. The van der Waals surface area contributed by atoms with Crippen molar-refractivity contribution < 1.29 is 27.4 Å². The summed E-state index contributed by atoms with van der Waals surface area (Å²) in [5, 5.41) is 0. The molecule has 10 heteroatoms. The van der Waals surface area contributed by atoms with E-state index in [0.29, 0.717) is 21.6 Å². The lowest BCUT2D eigenvalue weighted by atomic mass is 10.2. The SMILES string of the molecule is C[C@@H](Oc1ccc(Oc2ccc(C(F)(F)F)cc2)cc1)C(=O)NNC(=S)SCc1ccccc1. The van der Waals surface area contributed by atoms with Gasteiger partial charge in [-0.25, -0.2) is 0 Å². The third-order valence-corrected chi connectivity index (χ3v) is 5.72. The minimum atomic E-state index is -4.40. The molecule has 0 heterocycles. The Balaban J connectivity index is 1.43. The second kappa shape index (κ2) is 11.8. The van der Waals surface area contributed by atoms with Gasteiger partial charge in [0.25, 0.3) is 5.91 Å². The third-order valence-electron chi connectivity index (χ3n) is 4.42. The van der Waals surface area contributed by atoms with Crippen LogP contribution in [0.3, 0.4) is 0 Å². The number of hydrogen-bond acceptors (Lipinski definition) is 5. The Hall–Kier alpha value is -3.24. The molecule has 0 saturated carbocycles. The van der Waals surface area contributed by atoms with Gasteiger partial charge < -0.3 is 9.47 Å². The van der Waals surface area contributed by atoms with E-state index in [-0.39, 0.29) is 5.75 Å². The summed E-state index contributed by atoms with van der Waals surface area (Å²) < 4.78 is 49.5. The summed E-state index contributed by atoms with van der Waals surface area (Å²) in [5.41, 5.74) is 5.58. The van der Waals surface area contributed by atoms with Crippen LogP contribution in [-0.2, 0) is 16.7 Å². The van der Waals surface area contributed by atoms with E-state index in [1.54, 1.807) is 31.2 Å². The highest BCUT2D eigenvalue weighted by atomic mass is 32.2. The summed E-state index contributed by atoms with van der Waals surface area (Å²) in [6, 6.07) is 20.6. The van der Waals surface area contributed by atoms with Gasteiger partial charge in [-0.05, 0) is 61.0 Å². The quantitative estimate of drug-likeness (QED) is 0.298. The second-order valence-corrected chi connectivity index (χ2v) is 8.68. The van der Waals surface area contributed by atoms with Gasteiger partial charge in [0.1, 0.15) is 17.2 Å². The molecule has 1 atom stereocenters. The molecule has 0 spiro atoms. The molecule has 0 saturated heterocycles. The predicted octanol–water partition coefficient (Wildman–Crippen LogP) is 6.10. The maximum Gasteiger partial charge on any atom is 0.416 e. The Bertz CT molecular complexity index is 1090. The van der Waals surface area contributed by atoms with E-state index < -0.39 is 23.8 Å². The molecule has 34 heavy (non-hydrogen) atoms. The van der Waals surface area contributed by atoms with E-state index in [0.717, 1.165) is 17.7 Å². The number of thiocarbonyl (C=S) groups is 1. The average molecular weight is 507 g/mol. The number of ether oxygens (including phenoxy) is 2. The minimum Gasteiger partial charge on any atom is -0.481 e. The van der Waals surface area contributed by atoms with Gasteiger partial charge in [0, 0.05) is 5.75 Å². The van der Waals surface area contributed by atoms with Crippen molar-refractivity contribution in [3.63, 3.8) is 0 Å². The van der Waals surface area contributed by atoms with Crippen LogP contribution in [0.1, 0.15) is 18.1 Å². The number of carbonyl (C=O) groups excluding carboxylic acids is 1. The van der Waals surface area contributed by atoms with Crippen molar-refractivity contribution in [2.75, 3.05) is 0 Å². The first-order chi connectivity index (χ1) is 16.2. The molecule has 178 valence electrons. The van der Waals surface area contributed by atoms with Crippen molar-refractivity contribution in [2.24, 2.45) is 0 Å². The van der Waals surface area contributed by atoms with Crippen LogP contribution >= 0.6 is 24.0 Å². The number of nitrogens with one attached hydrogen (secondary N) is 2. The maximum atomic E-state index is 12.6. The number of thioether (sulfide) groups is 1. The Labute approximate surface area is 204 Å². The summed E-state index contributed by atoms with van der Waals surface area (Å²) in [7, 11) is 0. The number of halogens is 3. The number of hydrogen-bond donors (Lipinski definition) is 2. The van der Waals surface area contributed by atoms with Crippen LogP contribution < -0.4 is 20.3 Å². The van der Waals surface area contributed by atoms with Crippen molar-refractivity contribution in [3.05, 3.63) is 90.0 Å². The van der Waals surface area contributed by atoms with Gasteiger partial charge in [-0.2, -0.15) is 13.2 Å². The zero-order valence-electron chi connectivity index (χ0n) is 18.0. The van der Waals surface area contributed by atoms with Crippen LogP contribution in [-0.4, -0.2) is 16.3 Å². The molecule has 0 bridgehead atoms. The van der Waals surface area contributed by atoms with Gasteiger partial charge in [0.2, 0.25) is 0 Å². The first-order valence-corrected chi connectivity index (χ1v) is 11.5. The molecule has 0 aliphatic carbocycles. The highest BCUT2D eigenvalue weighted by Crippen LogP contribution is 2.31. The molecule has 3 aromatic carbocycles. The molecule has 3 rings (SSSR count). The van der Waals surface area contributed by atoms with Gasteiger partial charge in [-0.15, -0.1) is 0 Å². The molecule has 3 aromatic rings. The largest absolute Gasteiger partial charge is 0.481 e. The highest BCUT2D eigenvalue weighted by molar-refractivity contribution is 8.22. The number of carbonyl (C=O) groups is 1. The molecule has 0 unspecified atom stereocenters. The van der Waals surface area contributed by atoms with E-state index in [4.69, 9.17) is 21.7 Å². The van der Waals surface area contributed by atoms with Crippen LogP contribution in [0.25, 0.3) is 0 Å². The van der Waals surface area contributed by atoms with Crippen molar-refractivity contribution in [3.8, 4) is 17.2 Å². The molecular weight excluding hydrogens is 485 g/mol. The van der Waals surface area contributed by atoms with Crippen LogP contribution in [0, 0.1) is 0 Å². The molecule has 0 aliphatic rings. The molecular formula is C24H21F3N2O3S2. The van der Waals surface area contributed by atoms with Gasteiger partial charge in [-0.1, -0.05) is 54.3 Å². The summed E-state index contributed by atoms with van der Waals surface area (Å²) in [6.45, 7) is 1.59. The monoisotopic (exact) mass is 506 g/mol. The summed E-state index contributed by atoms with van der Waals surface area (Å²) in [5.74, 6) is 1.36. The first-order valence-electron chi connectivity index (χ1n) is 10.1. The number of alkyl halides is 3. The van der Waals surface area contributed by atoms with Crippen LogP contribution in [0.15, 0.2) is 78.9 Å². The number of amides is 1. The van der Waals surface area contributed by atoms with Crippen molar-refractivity contribution >= 4 is 34.2 Å². The zero-order valence-corrected chi connectivity index (χ0v) is 19.6. The van der Waals surface area contributed by atoms with Crippen LogP contribution in [0.4, 0.5) is 13.2 Å². The molecule has 0 aliphatic heterocycles. The summed E-state index contributed by atoms with van der Waals surface area (Å²) in [4.78, 5) is 12.3. The topological polar surface area (TPSA) is 59.6 Å². The van der Waals surface area contributed by atoms with E-state index in [9.17, 15) is 18.0 Å². The Morgan fingerprint density at radius 3 is 2.06 bits per heavy atom. The van der Waals surface area contributed by atoms with Crippen LogP contribution in [0.2, 0.25) is 0 Å². The van der Waals surface area contributed by atoms with Crippen LogP contribution in [0.5, 0.6) is 17.2 Å². The standard InChI is InChI=1S/C24H21F3N2O3S2/c1-16(22(30)28-29-23(33)34-15-17-5-3-2-4-6-17)31-19-11-13-21(14-12-19)32-20-9-7-18(8-10-20)24(25,26)27/h2-14,16H,15H2,1H3,(H,28,30)(H,29,33)/t16-/m1/s1. The van der Waals surface area contributed by atoms with Crippen molar-refractivity contribution in [1.29, 1.82) is 0 Å². The van der Waals surface area contributed by atoms with Gasteiger partial charge in [0.15, 0.2) is 10.4 Å². The lowest BCUT2D eigenvalue weighted by Crippen LogP contribution is -2.45. The fourth-order valence-electron chi connectivity index (χ4n) is 2.67. The average Bonchev–Trinajstić information content (AvgIpc) is 2.83. The molecule has 2 N–H and O–H groups in total. The van der Waals surface area contributed by atoms with Crippen molar-refractivity contribution in [1.82, 2.24) is 10.9 Å². The van der Waals surface area contributed by atoms with E-state index in [2.05, 4.69) is 10.9 Å². The fourth-order valence-corrected chi connectivity index (χ4v) is 3.51. The lowest BCUT2D eigenvalue weighted by Gasteiger charge is -2.16. The van der Waals surface area contributed by atoms with Crippen molar-refractivity contribution in [2.45, 2.75) is 25.0 Å². The first kappa shape index (κ1) is 25.4. The predicted molar refractivity (Wildman–Crippen MR) is 130 cm³/mol. The normalized spacial score (nSPS) is 11.9. The number of benzene rings is 3. The smallest absolute Gasteiger partial charge is 0.416 e. The Morgan fingerprint density at radius 2 is 1.47 bits per heavy atom. The van der Waals surface area contributed by atoms with Gasteiger partial charge in [-0.3, -0.25) is 15.6 Å². The highest BCUT2D eigenvalue weighted by Gasteiger charge is 2.30. The number of hydrazine groups is 1.